The summed E-state index contributed by atoms with van der Waals surface area (Å²) in [6, 6.07) is 0. The number of aliphatic imine (C=N–C) groups is 1. The maximum atomic E-state index is 11.5. The molecule has 1 rings (SSSR count). The van der Waals surface area contributed by atoms with E-state index in [1.807, 2.05) is 0 Å². The van der Waals surface area contributed by atoms with Gasteiger partial charge in [0.05, 0.1) is 13.2 Å². The number of piperidine rings is 1. The number of guanidine groups is 1. The average Bonchev–Trinajstić information content (AvgIpc) is 2.59. The number of aliphatic hydroxyl groups is 1. The highest BCUT2D eigenvalue weighted by atomic mass is 16.3. The maximum absolute atomic E-state index is 11.5. The maximum Gasteiger partial charge on any atom is 0.220 e. The molecule has 1 aliphatic rings. The highest BCUT2D eigenvalue weighted by Crippen LogP contribution is 2.22. The summed E-state index contributed by atoms with van der Waals surface area (Å²) in [5.41, 5.74) is -0.155. The molecule has 1 amide bonds. The summed E-state index contributed by atoms with van der Waals surface area (Å²) in [5, 5.41) is 15.6. The van der Waals surface area contributed by atoms with Gasteiger partial charge in [-0.05, 0) is 32.1 Å². The van der Waals surface area contributed by atoms with Gasteiger partial charge in [-0.2, -0.15) is 0 Å². The molecule has 0 spiro atoms. The third-order valence-corrected chi connectivity index (χ3v) is 4.85. The monoisotopic (exact) mass is 326 g/mol. The summed E-state index contributed by atoms with van der Waals surface area (Å²) < 4.78 is 0. The third-order valence-electron chi connectivity index (χ3n) is 4.85. The molecule has 6 heteroatoms. The largest absolute Gasteiger partial charge is 0.396 e. The smallest absolute Gasteiger partial charge is 0.220 e. The topological polar surface area (TPSA) is 77.0 Å². The number of nitrogens with one attached hydrogen (secondary N) is 2. The first-order valence-corrected chi connectivity index (χ1v) is 8.82. The van der Waals surface area contributed by atoms with Gasteiger partial charge in [0, 0.05) is 38.5 Å². The van der Waals surface area contributed by atoms with Crippen molar-refractivity contribution in [3.05, 3.63) is 0 Å². The first-order chi connectivity index (χ1) is 11.0. The Kier molecular flexibility index (Phi) is 8.37. The van der Waals surface area contributed by atoms with Crippen molar-refractivity contribution < 1.29 is 9.90 Å². The fourth-order valence-corrected chi connectivity index (χ4v) is 2.68. The van der Waals surface area contributed by atoms with Crippen LogP contribution in [-0.4, -0.2) is 61.7 Å². The third kappa shape index (κ3) is 6.37. The van der Waals surface area contributed by atoms with Crippen LogP contribution >= 0.6 is 0 Å². The van der Waals surface area contributed by atoms with Gasteiger partial charge in [-0.1, -0.05) is 13.8 Å². The highest BCUT2D eigenvalue weighted by molar-refractivity contribution is 5.80. The molecule has 0 aromatic heterocycles. The van der Waals surface area contributed by atoms with E-state index in [1.165, 1.54) is 0 Å². The Morgan fingerprint density at radius 2 is 2.00 bits per heavy atom. The van der Waals surface area contributed by atoms with E-state index in [0.717, 1.165) is 44.9 Å². The van der Waals surface area contributed by atoms with Crippen LogP contribution in [0.4, 0.5) is 0 Å². The van der Waals surface area contributed by atoms with E-state index >= 15 is 0 Å². The summed E-state index contributed by atoms with van der Waals surface area (Å²) in [4.78, 5) is 18.5. The highest BCUT2D eigenvalue weighted by Gasteiger charge is 2.25. The number of nitrogens with zero attached hydrogens (tertiary/aromatic N) is 2. The summed E-state index contributed by atoms with van der Waals surface area (Å²) in [7, 11) is 1.69. The molecule has 0 radical (unpaired) electrons. The Morgan fingerprint density at radius 1 is 1.35 bits per heavy atom. The number of aliphatic hydroxyl groups excluding tert-OH is 1. The summed E-state index contributed by atoms with van der Waals surface area (Å²) in [6.45, 7) is 9.68. The lowest BCUT2D eigenvalue weighted by molar-refractivity contribution is -0.121. The molecule has 0 bridgehead atoms. The van der Waals surface area contributed by atoms with Gasteiger partial charge in [0.2, 0.25) is 5.91 Å². The summed E-state index contributed by atoms with van der Waals surface area (Å²) >= 11 is 0. The molecule has 0 aromatic carbocycles. The number of hydrogen-bond acceptors (Lipinski definition) is 3. The van der Waals surface area contributed by atoms with Crippen LogP contribution in [0.5, 0.6) is 0 Å². The van der Waals surface area contributed by atoms with Crippen molar-refractivity contribution in [2.24, 2.45) is 16.3 Å². The second kappa shape index (κ2) is 9.75. The Hall–Kier alpha value is -1.30. The van der Waals surface area contributed by atoms with E-state index in [0.29, 0.717) is 18.9 Å². The van der Waals surface area contributed by atoms with Crippen molar-refractivity contribution in [3.8, 4) is 0 Å². The molecule has 1 atom stereocenters. The van der Waals surface area contributed by atoms with Gasteiger partial charge in [0.15, 0.2) is 5.96 Å². The predicted octanol–water partition coefficient (Wildman–Crippen LogP) is 1.21. The van der Waals surface area contributed by atoms with E-state index in [4.69, 9.17) is 4.99 Å². The minimum atomic E-state index is -0.155. The minimum Gasteiger partial charge on any atom is -0.396 e. The number of amides is 1. The zero-order chi connectivity index (χ0) is 17.3. The SMILES string of the molecule is CCNC(=NCC(C)(CC)CO)N1CCC(CC(=O)NC)CC1. The molecular weight excluding hydrogens is 292 g/mol. The van der Waals surface area contributed by atoms with E-state index in [1.54, 1.807) is 7.05 Å². The molecule has 1 fully saturated rings. The van der Waals surface area contributed by atoms with E-state index < -0.39 is 0 Å². The lowest BCUT2D eigenvalue weighted by Gasteiger charge is -2.34. The quantitative estimate of drug-likeness (QED) is 0.485. The second-order valence-corrected chi connectivity index (χ2v) is 6.80. The molecule has 3 N–H and O–H groups in total. The van der Waals surface area contributed by atoms with E-state index in [-0.39, 0.29) is 17.9 Å². The normalized spacial score (nSPS) is 19.3. The molecule has 1 unspecified atom stereocenters. The molecular formula is C17H34N4O2. The van der Waals surface area contributed by atoms with Crippen molar-refractivity contribution >= 4 is 11.9 Å². The van der Waals surface area contributed by atoms with Crippen LogP contribution in [0.15, 0.2) is 4.99 Å². The van der Waals surface area contributed by atoms with Crippen molar-refractivity contribution in [3.63, 3.8) is 0 Å². The molecule has 0 aromatic rings. The van der Waals surface area contributed by atoms with Gasteiger partial charge >= 0.3 is 0 Å². The summed E-state index contributed by atoms with van der Waals surface area (Å²) in [6.07, 6.45) is 3.56. The van der Waals surface area contributed by atoms with Gasteiger partial charge < -0.3 is 20.6 Å². The van der Waals surface area contributed by atoms with Crippen LogP contribution in [0.25, 0.3) is 0 Å². The Morgan fingerprint density at radius 3 is 2.48 bits per heavy atom. The Balaban J connectivity index is 2.60. The zero-order valence-corrected chi connectivity index (χ0v) is 15.2. The number of hydrogen-bond donors (Lipinski definition) is 3. The molecule has 0 aliphatic carbocycles. The lowest BCUT2D eigenvalue weighted by Crippen LogP contribution is -2.46. The fourth-order valence-electron chi connectivity index (χ4n) is 2.68. The van der Waals surface area contributed by atoms with Gasteiger partial charge in [0.25, 0.3) is 0 Å². The van der Waals surface area contributed by atoms with Crippen LogP contribution in [0.2, 0.25) is 0 Å². The van der Waals surface area contributed by atoms with Gasteiger partial charge in [-0.3, -0.25) is 9.79 Å². The van der Waals surface area contributed by atoms with Crippen LogP contribution in [0.1, 0.15) is 46.5 Å². The fraction of sp³-hybridized carbons (Fsp3) is 0.882. The van der Waals surface area contributed by atoms with E-state index in [2.05, 4.69) is 36.3 Å². The first kappa shape index (κ1) is 19.7. The average molecular weight is 326 g/mol. The number of carbonyl (C=O) groups is 1. The van der Waals surface area contributed by atoms with Gasteiger partial charge in [-0.25, -0.2) is 0 Å². The van der Waals surface area contributed by atoms with Crippen LogP contribution in [0, 0.1) is 11.3 Å². The first-order valence-electron chi connectivity index (χ1n) is 8.82. The molecule has 0 saturated carbocycles. The van der Waals surface area contributed by atoms with Crippen molar-refractivity contribution in [1.82, 2.24) is 15.5 Å². The van der Waals surface area contributed by atoms with Crippen LogP contribution in [-0.2, 0) is 4.79 Å². The number of likely N-dealkylation sites (tertiary alicyclic amines) is 1. The Bertz CT molecular complexity index is 386. The second-order valence-electron chi connectivity index (χ2n) is 6.80. The number of carbonyl (C=O) groups excluding carboxylic acids is 1. The standard InChI is InChI=1S/C17H34N4O2/c1-5-17(3,13-22)12-20-16(19-6-2)21-9-7-14(8-10-21)11-15(23)18-4/h14,22H,5-13H2,1-4H3,(H,18,23)(H,19,20). The van der Waals surface area contributed by atoms with Crippen molar-refractivity contribution in [2.45, 2.75) is 46.5 Å². The number of rotatable bonds is 7. The molecule has 23 heavy (non-hydrogen) atoms. The van der Waals surface area contributed by atoms with Crippen molar-refractivity contribution in [2.75, 3.05) is 39.8 Å². The lowest BCUT2D eigenvalue weighted by atomic mass is 9.89. The molecule has 134 valence electrons. The predicted molar refractivity (Wildman–Crippen MR) is 94.4 cm³/mol. The van der Waals surface area contributed by atoms with Gasteiger partial charge in [-0.15, -0.1) is 0 Å². The molecule has 1 aliphatic heterocycles. The molecule has 1 saturated heterocycles. The van der Waals surface area contributed by atoms with Crippen LogP contribution in [0.3, 0.4) is 0 Å². The zero-order valence-electron chi connectivity index (χ0n) is 15.2. The molecule has 6 nitrogen and oxygen atoms in total. The van der Waals surface area contributed by atoms with Gasteiger partial charge in [0.1, 0.15) is 0 Å². The Labute approximate surface area is 140 Å². The molecule has 1 heterocycles. The van der Waals surface area contributed by atoms with Crippen molar-refractivity contribution in [1.29, 1.82) is 0 Å². The summed E-state index contributed by atoms with van der Waals surface area (Å²) in [5.74, 6) is 1.53. The minimum absolute atomic E-state index is 0.130. The van der Waals surface area contributed by atoms with Crippen LogP contribution < -0.4 is 10.6 Å². The van der Waals surface area contributed by atoms with E-state index in [9.17, 15) is 9.90 Å².